The van der Waals surface area contributed by atoms with Crippen molar-refractivity contribution in [2.24, 2.45) is 0 Å². The molecular formula is C12H11BrFN3O. The van der Waals surface area contributed by atoms with Gasteiger partial charge in [-0.25, -0.2) is 14.4 Å². The summed E-state index contributed by atoms with van der Waals surface area (Å²) in [5.74, 6) is 1.31. The van der Waals surface area contributed by atoms with Crippen LogP contribution in [0.15, 0.2) is 28.9 Å². The van der Waals surface area contributed by atoms with Gasteiger partial charge in [-0.2, -0.15) is 0 Å². The van der Waals surface area contributed by atoms with Crippen LogP contribution in [0.2, 0.25) is 0 Å². The fraction of sp³-hybridized carbons (Fsp3) is 0.167. The number of hydrogen-bond donors (Lipinski definition) is 1. The lowest BCUT2D eigenvalue weighted by Crippen LogP contribution is -1.99. The van der Waals surface area contributed by atoms with Crippen molar-refractivity contribution in [3.8, 4) is 5.75 Å². The van der Waals surface area contributed by atoms with Crippen molar-refractivity contribution in [1.29, 1.82) is 0 Å². The number of hydrogen-bond acceptors (Lipinski definition) is 4. The number of halogens is 2. The first-order chi connectivity index (χ1) is 8.58. The van der Waals surface area contributed by atoms with E-state index in [4.69, 9.17) is 4.74 Å². The van der Waals surface area contributed by atoms with Gasteiger partial charge in [-0.05, 0) is 35.0 Å². The van der Waals surface area contributed by atoms with Crippen LogP contribution in [0.4, 0.5) is 15.9 Å². The smallest absolute Gasteiger partial charge is 0.145 e. The molecule has 1 N–H and O–H groups in total. The molecule has 0 amide bonds. The monoisotopic (exact) mass is 311 g/mol. The average Bonchev–Trinajstić information content (AvgIpc) is 2.30. The van der Waals surface area contributed by atoms with Gasteiger partial charge >= 0.3 is 0 Å². The SMILES string of the molecule is COc1cc(F)ccc1Nc1cc(Br)nc(C)n1. The Bertz CT molecular complexity index is 557. The zero-order chi connectivity index (χ0) is 13.1. The van der Waals surface area contributed by atoms with E-state index in [-0.39, 0.29) is 5.82 Å². The Morgan fingerprint density at radius 2 is 2.06 bits per heavy atom. The van der Waals surface area contributed by atoms with Gasteiger partial charge in [-0.15, -0.1) is 0 Å². The molecule has 0 bridgehead atoms. The second-order valence-electron chi connectivity index (χ2n) is 3.59. The van der Waals surface area contributed by atoms with E-state index in [1.54, 1.807) is 19.1 Å². The molecule has 0 aliphatic rings. The van der Waals surface area contributed by atoms with E-state index < -0.39 is 0 Å². The number of methoxy groups -OCH3 is 1. The minimum absolute atomic E-state index is 0.350. The predicted molar refractivity (Wildman–Crippen MR) is 70.7 cm³/mol. The maximum absolute atomic E-state index is 13.1. The number of nitrogens with zero attached hydrogens (tertiary/aromatic N) is 2. The first kappa shape index (κ1) is 12.8. The van der Waals surface area contributed by atoms with Crippen LogP contribution >= 0.6 is 15.9 Å². The molecule has 0 fully saturated rings. The second-order valence-corrected chi connectivity index (χ2v) is 4.41. The van der Waals surface area contributed by atoms with Crippen molar-refractivity contribution in [3.05, 3.63) is 40.5 Å². The zero-order valence-electron chi connectivity index (χ0n) is 9.87. The molecule has 0 saturated carbocycles. The third-order valence-corrected chi connectivity index (χ3v) is 2.64. The normalized spacial score (nSPS) is 10.2. The van der Waals surface area contributed by atoms with Crippen molar-refractivity contribution in [2.45, 2.75) is 6.92 Å². The molecule has 18 heavy (non-hydrogen) atoms. The molecule has 0 aliphatic heterocycles. The molecule has 2 aromatic rings. The molecule has 0 atom stereocenters. The third kappa shape index (κ3) is 2.95. The summed E-state index contributed by atoms with van der Waals surface area (Å²) in [5, 5.41) is 3.06. The first-order valence-electron chi connectivity index (χ1n) is 5.20. The number of rotatable bonds is 3. The Hall–Kier alpha value is -1.69. The van der Waals surface area contributed by atoms with E-state index >= 15 is 0 Å². The molecule has 94 valence electrons. The summed E-state index contributed by atoms with van der Waals surface area (Å²) < 4.78 is 18.8. The van der Waals surface area contributed by atoms with Gasteiger partial charge in [0.25, 0.3) is 0 Å². The maximum Gasteiger partial charge on any atom is 0.145 e. The molecule has 0 spiro atoms. The van der Waals surface area contributed by atoms with Crippen LogP contribution in [0.5, 0.6) is 5.75 Å². The lowest BCUT2D eigenvalue weighted by molar-refractivity contribution is 0.413. The van der Waals surface area contributed by atoms with Crippen molar-refractivity contribution in [3.63, 3.8) is 0 Å². The van der Waals surface area contributed by atoms with E-state index in [2.05, 4.69) is 31.2 Å². The Labute approximate surface area is 112 Å². The van der Waals surface area contributed by atoms with Crippen LogP contribution in [0.3, 0.4) is 0 Å². The molecule has 1 aromatic heterocycles. The number of aryl methyl sites for hydroxylation is 1. The molecule has 1 heterocycles. The van der Waals surface area contributed by atoms with Crippen LogP contribution in [0.1, 0.15) is 5.82 Å². The van der Waals surface area contributed by atoms with E-state index in [1.165, 1.54) is 19.2 Å². The van der Waals surface area contributed by atoms with E-state index in [9.17, 15) is 4.39 Å². The highest BCUT2D eigenvalue weighted by molar-refractivity contribution is 9.10. The van der Waals surface area contributed by atoms with E-state index in [0.29, 0.717) is 27.7 Å². The highest BCUT2D eigenvalue weighted by Gasteiger charge is 2.06. The largest absolute Gasteiger partial charge is 0.494 e. The Balaban J connectivity index is 2.33. The minimum atomic E-state index is -0.350. The minimum Gasteiger partial charge on any atom is -0.494 e. The molecule has 6 heteroatoms. The van der Waals surface area contributed by atoms with Crippen molar-refractivity contribution in [1.82, 2.24) is 9.97 Å². The fourth-order valence-electron chi connectivity index (χ4n) is 1.50. The highest BCUT2D eigenvalue weighted by Crippen LogP contribution is 2.28. The summed E-state index contributed by atoms with van der Waals surface area (Å²) in [6.45, 7) is 1.79. The number of nitrogens with one attached hydrogen (secondary N) is 1. The number of anilines is 2. The molecule has 0 radical (unpaired) electrons. The number of benzene rings is 1. The van der Waals surface area contributed by atoms with Crippen LogP contribution in [0.25, 0.3) is 0 Å². The Morgan fingerprint density at radius 3 is 2.72 bits per heavy atom. The molecule has 2 rings (SSSR count). The van der Waals surface area contributed by atoms with Gasteiger partial charge in [0, 0.05) is 12.1 Å². The van der Waals surface area contributed by atoms with Crippen LogP contribution in [-0.2, 0) is 0 Å². The van der Waals surface area contributed by atoms with Crippen molar-refractivity contribution >= 4 is 27.4 Å². The number of aromatic nitrogens is 2. The van der Waals surface area contributed by atoms with Gasteiger partial charge in [0.2, 0.25) is 0 Å². The molecule has 0 aliphatic carbocycles. The first-order valence-corrected chi connectivity index (χ1v) is 5.99. The highest BCUT2D eigenvalue weighted by atomic mass is 79.9. The Kier molecular flexibility index (Phi) is 3.76. The van der Waals surface area contributed by atoms with Gasteiger partial charge in [-0.3, -0.25) is 0 Å². The van der Waals surface area contributed by atoms with Crippen LogP contribution in [-0.4, -0.2) is 17.1 Å². The van der Waals surface area contributed by atoms with Gasteiger partial charge in [0.05, 0.1) is 12.8 Å². The lowest BCUT2D eigenvalue weighted by Gasteiger charge is -2.11. The fourth-order valence-corrected chi connectivity index (χ4v) is 1.98. The van der Waals surface area contributed by atoms with Gasteiger partial charge in [0.1, 0.15) is 27.8 Å². The standard InChI is InChI=1S/C12H11BrFN3O/c1-7-15-11(13)6-12(16-7)17-9-4-3-8(14)5-10(9)18-2/h3-6H,1-2H3,(H,15,16,17). The molecule has 0 unspecified atom stereocenters. The summed E-state index contributed by atoms with van der Waals surface area (Å²) in [6.07, 6.45) is 0. The summed E-state index contributed by atoms with van der Waals surface area (Å²) in [5.41, 5.74) is 0.643. The summed E-state index contributed by atoms with van der Waals surface area (Å²) >= 11 is 3.29. The van der Waals surface area contributed by atoms with Crippen molar-refractivity contribution < 1.29 is 9.13 Å². The quantitative estimate of drug-likeness (QED) is 0.882. The van der Waals surface area contributed by atoms with E-state index in [1.807, 2.05) is 0 Å². The summed E-state index contributed by atoms with van der Waals surface area (Å²) in [7, 11) is 1.49. The van der Waals surface area contributed by atoms with Crippen LogP contribution < -0.4 is 10.1 Å². The predicted octanol–water partition coefficient (Wildman–Crippen LogP) is 3.44. The second kappa shape index (κ2) is 5.30. The average molecular weight is 312 g/mol. The van der Waals surface area contributed by atoms with Gasteiger partial charge < -0.3 is 10.1 Å². The lowest BCUT2D eigenvalue weighted by atomic mass is 10.3. The molecular weight excluding hydrogens is 301 g/mol. The van der Waals surface area contributed by atoms with E-state index in [0.717, 1.165) is 0 Å². The topological polar surface area (TPSA) is 47.0 Å². The molecule has 1 aromatic carbocycles. The van der Waals surface area contributed by atoms with Crippen LogP contribution in [0, 0.1) is 12.7 Å². The van der Waals surface area contributed by atoms with Crippen molar-refractivity contribution in [2.75, 3.05) is 12.4 Å². The Morgan fingerprint density at radius 1 is 1.28 bits per heavy atom. The summed E-state index contributed by atoms with van der Waals surface area (Å²) in [6, 6.07) is 5.99. The molecule has 0 saturated heterocycles. The number of ether oxygens (including phenoxy) is 1. The van der Waals surface area contributed by atoms with Gasteiger partial charge in [0.15, 0.2) is 0 Å². The maximum atomic E-state index is 13.1. The zero-order valence-corrected chi connectivity index (χ0v) is 11.5. The summed E-state index contributed by atoms with van der Waals surface area (Å²) in [4.78, 5) is 8.33. The third-order valence-electron chi connectivity index (χ3n) is 2.23. The van der Waals surface area contributed by atoms with Gasteiger partial charge in [-0.1, -0.05) is 0 Å². The molecule has 4 nitrogen and oxygen atoms in total.